The molecule has 3 aromatic rings. The second-order valence-corrected chi connectivity index (χ2v) is 6.39. The second kappa shape index (κ2) is 4.79. The number of hydrogen-bond donors (Lipinski definition) is 0. The van der Waals surface area contributed by atoms with Crippen LogP contribution in [0.3, 0.4) is 0 Å². The van der Waals surface area contributed by atoms with E-state index in [-0.39, 0.29) is 5.41 Å². The highest BCUT2D eigenvalue weighted by Crippen LogP contribution is 2.28. The lowest BCUT2D eigenvalue weighted by Crippen LogP contribution is -2.10. The van der Waals surface area contributed by atoms with Crippen LogP contribution < -0.4 is 0 Å². The minimum absolute atomic E-state index is 0.210. The van der Waals surface area contributed by atoms with Gasteiger partial charge in [-0.1, -0.05) is 81.4 Å². The Labute approximate surface area is 121 Å². The number of hydrogen-bond acceptors (Lipinski definition) is 0. The first-order valence-electron chi connectivity index (χ1n) is 7.14. The molecule has 0 heterocycles. The minimum Gasteiger partial charge on any atom is -0.0616 e. The van der Waals surface area contributed by atoms with Crippen LogP contribution in [0.4, 0.5) is 0 Å². The summed E-state index contributed by atoms with van der Waals surface area (Å²) in [5, 5.41) is 2.59. The van der Waals surface area contributed by atoms with E-state index in [0.29, 0.717) is 0 Å². The van der Waals surface area contributed by atoms with E-state index in [2.05, 4.69) is 87.5 Å². The summed E-state index contributed by atoms with van der Waals surface area (Å²) in [5.41, 5.74) is 4.15. The van der Waals surface area contributed by atoms with Gasteiger partial charge < -0.3 is 0 Å². The Morgan fingerprint density at radius 2 is 1.20 bits per heavy atom. The summed E-state index contributed by atoms with van der Waals surface area (Å²) < 4.78 is 0. The van der Waals surface area contributed by atoms with Gasteiger partial charge in [0.2, 0.25) is 0 Å². The quantitative estimate of drug-likeness (QED) is 0.518. The molecule has 3 rings (SSSR count). The predicted octanol–water partition coefficient (Wildman–Crippen LogP) is 5.80. The number of rotatable bonds is 1. The summed E-state index contributed by atoms with van der Waals surface area (Å²) in [6.07, 6.45) is 0. The lowest BCUT2D eigenvalue weighted by Gasteiger charge is -2.19. The zero-order valence-corrected chi connectivity index (χ0v) is 12.4. The third-order valence-corrected chi connectivity index (χ3v) is 3.83. The highest BCUT2D eigenvalue weighted by atomic mass is 14.2. The molecule has 0 aromatic heterocycles. The van der Waals surface area contributed by atoms with Gasteiger partial charge in [-0.3, -0.25) is 0 Å². The number of fused-ring (bicyclic) bond motifs is 1. The lowest BCUT2D eigenvalue weighted by atomic mass is 9.86. The van der Waals surface area contributed by atoms with Gasteiger partial charge in [-0.05, 0) is 38.9 Å². The van der Waals surface area contributed by atoms with Crippen molar-refractivity contribution >= 4 is 10.8 Å². The van der Waals surface area contributed by atoms with Crippen LogP contribution in [0.5, 0.6) is 0 Å². The van der Waals surface area contributed by atoms with E-state index in [1.165, 1.54) is 27.5 Å². The van der Waals surface area contributed by atoms with Crippen molar-refractivity contribution in [1.82, 2.24) is 0 Å². The molecule has 0 nitrogen and oxygen atoms in total. The van der Waals surface area contributed by atoms with E-state index in [1.54, 1.807) is 0 Å². The van der Waals surface area contributed by atoms with Crippen molar-refractivity contribution < 1.29 is 0 Å². The largest absolute Gasteiger partial charge is 0.0616 e. The first-order valence-corrected chi connectivity index (χ1v) is 7.14. The molecule has 0 aliphatic carbocycles. The molecule has 0 saturated heterocycles. The van der Waals surface area contributed by atoms with Crippen molar-refractivity contribution in [2.45, 2.75) is 26.2 Å². The van der Waals surface area contributed by atoms with Crippen LogP contribution in [0.15, 0.2) is 66.7 Å². The van der Waals surface area contributed by atoms with Crippen LogP contribution in [-0.4, -0.2) is 0 Å². The molecule has 0 amide bonds. The molecule has 0 heteroatoms. The minimum atomic E-state index is 0.210. The van der Waals surface area contributed by atoms with Crippen LogP contribution in [0.1, 0.15) is 26.3 Å². The molecule has 100 valence electrons. The van der Waals surface area contributed by atoms with E-state index in [4.69, 9.17) is 0 Å². The fraction of sp³-hybridized carbons (Fsp3) is 0.200. The molecule has 0 N–H and O–H groups in total. The van der Waals surface area contributed by atoms with E-state index < -0.39 is 0 Å². The van der Waals surface area contributed by atoms with Gasteiger partial charge in [-0.25, -0.2) is 0 Å². The van der Waals surface area contributed by atoms with Gasteiger partial charge in [-0.2, -0.15) is 0 Å². The third kappa shape index (κ3) is 2.46. The highest BCUT2D eigenvalue weighted by Gasteiger charge is 2.13. The number of benzene rings is 3. The molecule has 0 atom stereocenters. The Morgan fingerprint density at radius 3 is 1.85 bits per heavy atom. The topological polar surface area (TPSA) is 0 Å². The lowest BCUT2D eigenvalue weighted by molar-refractivity contribution is 0.590. The first kappa shape index (κ1) is 12.9. The molecule has 0 bridgehead atoms. The van der Waals surface area contributed by atoms with E-state index in [9.17, 15) is 0 Å². The molecule has 0 radical (unpaired) electrons. The summed E-state index contributed by atoms with van der Waals surface area (Å²) in [5.74, 6) is 0. The maximum Gasteiger partial charge on any atom is -0.0132 e. The van der Waals surface area contributed by atoms with Gasteiger partial charge in [0.05, 0.1) is 0 Å². The summed E-state index contributed by atoms with van der Waals surface area (Å²) in [4.78, 5) is 0. The molecule has 0 aliphatic rings. The Kier molecular flexibility index (Phi) is 3.10. The van der Waals surface area contributed by atoms with Crippen molar-refractivity contribution in [1.29, 1.82) is 0 Å². The van der Waals surface area contributed by atoms with Crippen LogP contribution in [0.25, 0.3) is 21.9 Å². The van der Waals surface area contributed by atoms with E-state index >= 15 is 0 Å². The monoisotopic (exact) mass is 260 g/mol. The van der Waals surface area contributed by atoms with E-state index in [1.807, 2.05) is 0 Å². The van der Waals surface area contributed by atoms with Crippen molar-refractivity contribution in [3.05, 3.63) is 72.3 Å². The van der Waals surface area contributed by atoms with Crippen molar-refractivity contribution in [2.75, 3.05) is 0 Å². The zero-order valence-electron chi connectivity index (χ0n) is 12.4. The maximum absolute atomic E-state index is 2.27. The standard InChI is InChI=1S/C20H20/c1-20(2,3)19-12-10-16(11-13-19)18-9-8-15-6-4-5-7-17(15)14-18/h4-14H,1-3H3. The molecular weight excluding hydrogens is 240 g/mol. The van der Waals surface area contributed by atoms with Gasteiger partial charge in [0.1, 0.15) is 0 Å². The zero-order chi connectivity index (χ0) is 14.2. The Morgan fingerprint density at radius 1 is 0.600 bits per heavy atom. The molecule has 0 spiro atoms. The molecular formula is C20H20. The normalized spacial score (nSPS) is 11.8. The second-order valence-electron chi connectivity index (χ2n) is 6.39. The molecule has 0 aliphatic heterocycles. The van der Waals surface area contributed by atoms with Crippen LogP contribution in [0, 0.1) is 0 Å². The summed E-state index contributed by atoms with van der Waals surface area (Å²) >= 11 is 0. The van der Waals surface area contributed by atoms with Gasteiger partial charge >= 0.3 is 0 Å². The highest BCUT2D eigenvalue weighted by molar-refractivity contribution is 5.87. The molecule has 0 fully saturated rings. The van der Waals surface area contributed by atoms with Gasteiger partial charge in [0, 0.05) is 0 Å². The smallest absolute Gasteiger partial charge is 0.0132 e. The van der Waals surface area contributed by atoms with Crippen LogP contribution >= 0.6 is 0 Å². The first-order chi connectivity index (χ1) is 9.54. The average molecular weight is 260 g/mol. The summed E-state index contributed by atoms with van der Waals surface area (Å²) in [6.45, 7) is 6.74. The maximum atomic E-state index is 2.27. The fourth-order valence-corrected chi connectivity index (χ4v) is 2.53. The molecule has 0 unspecified atom stereocenters. The van der Waals surface area contributed by atoms with Crippen molar-refractivity contribution in [3.8, 4) is 11.1 Å². The summed E-state index contributed by atoms with van der Waals surface area (Å²) in [7, 11) is 0. The Balaban J connectivity index is 2.02. The van der Waals surface area contributed by atoms with Crippen molar-refractivity contribution in [3.63, 3.8) is 0 Å². The molecule has 20 heavy (non-hydrogen) atoms. The van der Waals surface area contributed by atoms with Crippen LogP contribution in [0.2, 0.25) is 0 Å². The predicted molar refractivity (Wildman–Crippen MR) is 88.1 cm³/mol. The average Bonchev–Trinajstić information content (AvgIpc) is 2.46. The van der Waals surface area contributed by atoms with Gasteiger partial charge in [-0.15, -0.1) is 0 Å². The van der Waals surface area contributed by atoms with Crippen molar-refractivity contribution in [2.24, 2.45) is 0 Å². The third-order valence-electron chi connectivity index (χ3n) is 3.83. The summed E-state index contributed by atoms with van der Waals surface area (Å²) in [6, 6.07) is 24.1. The molecule has 0 saturated carbocycles. The van der Waals surface area contributed by atoms with Crippen LogP contribution in [-0.2, 0) is 5.41 Å². The SMILES string of the molecule is CC(C)(C)c1ccc(-c2ccc3ccccc3c2)cc1. The fourth-order valence-electron chi connectivity index (χ4n) is 2.53. The Hall–Kier alpha value is -2.08. The molecule has 3 aromatic carbocycles. The van der Waals surface area contributed by atoms with E-state index in [0.717, 1.165) is 0 Å². The Bertz CT molecular complexity index is 728. The van der Waals surface area contributed by atoms with Gasteiger partial charge in [0.25, 0.3) is 0 Å². The van der Waals surface area contributed by atoms with Gasteiger partial charge in [0.15, 0.2) is 0 Å².